The molecule has 0 bridgehead atoms. The molecule has 1 fully saturated rings. The highest BCUT2D eigenvalue weighted by Gasteiger charge is 2.27. The lowest BCUT2D eigenvalue weighted by molar-refractivity contribution is -0.134. The largest absolute Gasteiger partial charge is 0.467 e. The first kappa shape index (κ1) is 15.6. The lowest BCUT2D eigenvalue weighted by atomic mass is 10.1. The maximum atomic E-state index is 12.7. The van der Waals surface area contributed by atoms with Crippen molar-refractivity contribution in [3.8, 4) is 0 Å². The number of rotatable bonds is 6. The number of carbonyl (C=O) groups excluding carboxylic acids is 1. The molecule has 0 spiro atoms. The third kappa shape index (κ3) is 3.93. The van der Waals surface area contributed by atoms with Crippen molar-refractivity contribution in [2.24, 2.45) is 0 Å². The van der Waals surface area contributed by atoms with Crippen LogP contribution in [0.15, 0.2) is 34.9 Å². The molecular formula is C17H20ClNO2S. The zero-order chi connectivity index (χ0) is 15.4. The Morgan fingerprint density at radius 3 is 2.77 bits per heavy atom. The topological polar surface area (TPSA) is 33.5 Å². The monoisotopic (exact) mass is 337 g/mol. The standard InChI is InChI=1S/C17H20ClNO2S/c18-16-9-7-15(22-16)8-10-17(20)19(13-4-1-2-5-13)12-14-6-3-11-21-14/h3,6-7,9,11,13H,1-2,4-5,8,10,12H2. The fraction of sp³-hybridized carbons (Fsp3) is 0.471. The first-order chi connectivity index (χ1) is 10.7. The Morgan fingerprint density at radius 2 is 2.14 bits per heavy atom. The summed E-state index contributed by atoms with van der Waals surface area (Å²) in [6.45, 7) is 0.585. The second-order valence-corrected chi connectivity index (χ2v) is 7.54. The van der Waals surface area contributed by atoms with Gasteiger partial charge in [-0.1, -0.05) is 24.4 Å². The van der Waals surface area contributed by atoms with Crippen LogP contribution in [-0.4, -0.2) is 16.8 Å². The van der Waals surface area contributed by atoms with Gasteiger partial charge in [0.1, 0.15) is 5.76 Å². The lowest BCUT2D eigenvalue weighted by Gasteiger charge is -2.28. The van der Waals surface area contributed by atoms with E-state index in [0.717, 1.165) is 29.4 Å². The van der Waals surface area contributed by atoms with Crippen LogP contribution in [-0.2, 0) is 17.8 Å². The molecule has 2 aromatic heterocycles. The fourth-order valence-electron chi connectivity index (χ4n) is 3.07. The summed E-state index contributed by atoms with van der Waals surface area (Å²) in [6.07, 6.45) is 7.61. The van der Waals surface area contributed by atoms with E-state index in [9.17, 15) is 4.79 Å². The predicted octanol–water partition coefficient (Wildman–Crippen LogP) is 4.90. The Labute approximate surface area is 139 Å². The molecule has 3 rings (SSSR count). The molecule has 0 saturated heterocycles. The maximum absolute atomic E-state index is 12.7. The van der Waals surface area contributed by atoms with Gasteiger partial charge in [0, 0.05) is 17.3 Å². The molecule has 1 aliphatic carbocycles. The average Bonchev–Trinajstić information content (AvgIpc) is 3.24. The van der Waals surface area contributed by atoms with Crippen LogP contribution in [0.4, 0.5) is 0 Å². The fourth-order valence-corrected chi connectivity index (χ4v) is 4.15. The van der Waals surface area contributed by atoms with Crippen LogP contribution >= 0.6 is 22.9 Å². The van der Waals surface area contributed by atoms with E-state index in [0.29, 0.717) is 19.0 Å². The first-order valence-corrected chi connectivity index (χ1v) is 8.98. The Morgan fingerprint density at radius 1 is 1.32 bits per heavy atom. The highest BCUT2D eigenvalue weighted by atomic mass is 35.5. The molecule has 3 nitrogen and oxygen atoms in total. The highest BCUT2D eigenvalue weighted by molar-refractivity contribution is 7.16. The molecule has 0 atom stereocenters. The van der Waals surface area contributed by atoms with Gasteiger partial charge in [-0.25, -0.2) is 0 Å². The van der Waals surface area contributed by atoms with Crippen molar-refractivity contribution in [2.45, 2.75) is 51.1 Å². The number of halogens is 1. The van der Waals surface area contributed by atoms with Crippen molar-refractivity contribution in [3.63, 3.8) is 0 Å². The molecule has 0 N–H and O–H groups in total. The Kier molecular flexibility index (Phi) is 5.21. The number of nitrogens with zero attached hydrogens (tertiary/aromatic N) is 1. The molecule has 0 radical (unpaired) electrons. The zero-order valence-electron chi connectivity index (χ0n) is 12.5. The van der Waals surface area contributed by atoms with Gasteiger partial charge in [-0.05, 0) is 43.5 Å². The molecule has 1 saturated carbocycles. The van der Waals surface area contributed by atoms with Gasteiger partial charge in [0.05, 0.1) is 17.1 Å². The molecule has 0 aliphatic heterocycles. The van der Waals surface area contributed by atoms with Crippen molar-refractivity contribution in [3.05, 3.63) is 45.5 Å². The number of amides is 1. The van der Waals surface area contributed by atoms with Crippen LogP contribution in [0.1, 0.15) is 42.7 Å². The highest BCUT2D eigenvalue weighted by Crippen LogP contribution is 2.27. The lowest BCUT2D eigenvalue weighted by Crippen LogP contribution is -2.38. The number of carbonyl (C=O) groups is 1. The van der Waals surface area contributed by atoms with E-state index in [4.69, 9.17) is 16.0 Å². The minimum atomic E-state index is 0.216. The van der Waals surface area contributed by atoms with E-state index in [1.54, 1.807) is 17.6 Å². The summed E-state index contributed by atoms with van der Waals surface area (Å²) in [5, 5.41) is 0. The van der Waals surface area contributed by atoms with Crippen molar-refractivity contribution in [1.82, 2.24) is 4.90 Å². The summed E-state index contributed by atoms with van der Waals surface area (Å²) in [7, 11) is 0. The quantitative estimate of drug-likeness (QED) is 0.751. The molecule has 0 unspecified atom stereocenters. The summed E-state index contributed by atoms with van der Waals surface area (Å²) >= 11 is 7.50. The van der Waals surface area contributed by atoms with Gasteiger partial charge in [0.2, 0.25) is 5.91 Å². The molecule has 1 amide bonds. The third-order valence-electron chi connectivity index (χ3n) is 4.21. The summed E-state index contributed by atoms with van der Waals surface area (Å²) in [4.78, 5) is 15.9. The molecule has 22 heavy (non-hydrogen) atoms. The van der Waals surface area contributed by atoms with Crippen LogP contribution in [0.2, 0.25) is 4.34 Å². The Hall–Kier alpha value is -1.26. The second kappa shape index (κ2) is 7.34. The molecular weight excluding hydrogens is 318 g/mol. The minimum Gasteiger partial charge on any atom is -0.467 e. The van der Waals surface area contributed by atoms with Gasteiger partial charge in [0.15, 0.2) is 0 Å². The van der Waals surface area contributed by atoms with Crippen LogP contribution < -0.4 is 0 Å². The van der Waals surface area contributed by atoms with E-state index in [1.165, 1.54) is 17.7 Å². The molecule has 5 heteroatoms. The van der Waals surface area contributed by atoms with E-state index in [1.807, 2.05) is 29.2 Å². The molecule has 0 aromatic carbocycles. The van der Waals surface area contributed by atoms with Crippen molar-refractivity contribution >= 4 is 28.8 Å². The SMILES string of the molecule is O=C(CCc1ccc(Cl)s1)N(Cc1ccco1)C1CCCC1. The smallest absolute Gasteiger partial charge is 0.223 e. The molecule has 2 heterocycles. The molecule has 2 aromatic rings. The summed E-state index contributed by atoms with van der Waals surface area (Å²) in [6, 6.07) is 8.08. The number of hydrogen-bond acceptors (Lipinski definition) is 3. The number of thiophene rings is 1. The van der Waals surface area contributed by atoms with Crippen molar-refractivity contribution < 1.29 is 9.21 Å². The van der Waals surface area contributed by atoms with Gasteiger partial charge in [-0.2, -0.15) is 0 Å². The first-order valence-electron chi connectivity index (χ1n) is 7.78. The summed E-state index contributed by atoms with van der Waals surface area (Å²) in [5.41, 5.74) is 0. The van der Waals surface area contributed by atoms with E-state index in [-0.39, 0.29) is 5.91 Å². The zero-order valence-corrected chi connectivity index (χ0v) is 14.0. The van der Waals surface area contributed by atoms with Crippen molar-refractivity contribution in [2.75, 3.05) is 0 Å². The molecule has 1 aliphatic rings. The third-order valence-corrected chi connectivity index (χ3v) is 5.50. The van der Waals surface area contributed by atoms with Gasteiger partial charge in [-0.3, -0.25) is 4.79 Å². The van der Waals surface area contributed by atoms with Crippen molar-refractivity contribution in [1.29, 1.82) is 0 Å². The number of hydrogen-bond donors (Lipinski definition) is 0. The Balaban J connectivity index is 1.63. The van der Waals surface area contributed by atoms with E-state index in [2.05, 4.69) is 0 Å². The Bertz CT molecular complexity index is 602. The van der Waals surface area contributed by atoms with Gasteiger partial charge < -0.3 is 9.32 Å². The van der Waals surface area contributed by atoms with Gasteiger partial charge in [0.25, 0.3) is 0 Å². The predicted molar refractivity (Wildman–Crippen MR) is 89.2 cm³/mol. The van der Waals surface area contributed by atoms with Crippen LogP contribution in [0.25, 0.3) is 0 Å². The maximum Gasteiger partial charge on any atom is 0.223 e. The normalized spacial score (nSPS) is 15.3. The average molecular weight is 338 g/mol. The van der Waals surface area contributed by atoms with Gasteiger partial charge in [-0.15, -0.1) is 11.3 Å². The molecule has 118 valence electrons. The minimum absolute atomic E-state index is 0.216. The van der Waals surface area contributed by atoms with E-state index < -0.39 is 0 Å². The number of aryl methyl sites for hydroxylation is 1. The van der Waals surface area contributed by atoms with Crippen LogP contribution in [0, 0.1) is 0 Å². The van der Waals surface area contributed by atoms with Gasteiger partial charge >= 0.3 is 0 Å². The van der Waals surface area contributed by atoms with Crippen LogP contribution in [0.3, 0.4) is 0 Å². The second-order valence-electron chi connectivity index (χ2n) is 5.75. The summed E-state index contributed by atoms with van der Waals surface area (Å²) in [5.74, 6) is 1.08. The van der Waals surface area contributed by atoms with E-state index >= 15 is 0 Å². The van der Waals surface area contributed by atoms with Crippen LogP contribution in [0.5, 0.6) is 0 Å². The number of furan rings is 1. The summed E-state index contributed by atoms with van der Waals surface area (Å²) < 4.78 is 6.21.